The van der Waals surface area contributed by atoms with Gasteiger partial charge in [0.15, 0.2) is 0 Å². The lowest BCUT2D eigenvalue weighted by atomic mass is 9.92. The summed E-state index contributed by atoms with van der Waals surface area (Å²) in [6, 6.07) is -0.934. The van der Waals surface area contributed by atoms with Gasteiger partial charge in [0.25, 0.3) is 0 Å². The first-order valence-electron chi connectivity index (χ1n) is 9.58. The van der Waals surface area contributed by atoms with Gasteiger partial charge in [0.1, 0.15) is 29.9 Å². The normalized spacial score (nSPS) is 37.2. The number of carbonyl (C=O) groups excluding carboxylic acids is 1. The topological polar surface area (TPSA) is 134 Å². The van der Waals surface area contributed by atoms with Gasteiger partial charge in [-0.25, -0.2) is 0 Å². The molecule has 8 nitrogen and oxygen atoms in total. The molecule has 2 saturated heterocycles. The first kappa shape index (κ1) is 29.2. The smallest absolute Gasteiger partial charge is 0.237 e. The third-order valence-corrected chi connectivity index (χ3v) is 6.76. The fraction of sp³-hybridized carbons (Fsp3) is 0.944. The minimum atomic E-state index is -1.36. The lowest BCUT2D eigenvalue weighted by Gasteiger charge is -2.44. The molecule has 6 N–H and O–H groups in total. The molecule has 0 bridgehead atoms. The van der Waals surface area contributed by atoms with Crippen molar-refractivity contribution in [3.8, 4) is 0 Å². The molecule has 0 aromatic heterocycles. The fourth-order valence-electron chi connectivity index (χ4n) is 4.11. The van der Waals surface area contributed by atoms with Gasteiger partial charge >= 0.3 is 0 Å². The zero-order valence-corrected chi connectivity index (χ0v) is 19.7. The van der Waals surface area contributed by atoms with Crippen LogP contribution in [0.25, 0.3) is 0 Å². The number of ether oxygens (including phenoxy) is 1. The first-order valence-corrected chi connectivity index (χ1v) is 11.3. The van der Waals surface area contributed by atoms with Crippen LogP contribution in [-0.2, 0) is 9.53 Å². The molecule has 0 saturated carbocycles. The molecule has 1 amide bonds. The number of alkyl halides is 1. The van der Waals surface area contributed by atoms with E-state index in [4.69, 9.17) is 16.3 Å². The van der Waals surface area contributed by atoms with E-state index >= 15 is 0 Å². The fourth-order valence-corrected chi connectivity index (χ4v) is 5.00. The van der Waals surface area contributed by atoms with Crippen LogP contribution in [0.5, 0.6) is 0 Å². The van der Waals surface area contributed by atoms with Crippen molar-refractivity contribution in [2.24, 2.45) is 5.92 Å². The molecule has 1 unspecified atom stereocenters. The second kappa shape index (κ2) is 12.9. The van der Waals surface area contributed by atoms with E-state index in [2.05, 4.69) is 12.2 Å². The van der Waals surface area contributed by atoms with Gasteiger partial charge in [0, 0.05) is 6.54 Å². The summed E-state index contributed by atoms with van der Waals surface area (Å²) in [4.78, 5) is 14.9. The molecule has 9 atom stereocenters. The highest BCUT2D eigenvalue weighted by atomic mass is 35.5. The summed E-state index contributed by atoms with van der Waals surface area (Å²) in [5.74, 6) is 0.350. The van der Waals surface area contributed by atoms with E-state index in [-0.39, 0.29) is 29.8 Å². The van der Waals surface area contributed by atoms with Crippen LogP contribution in [0.4, 0.5) is 0 Å². The van der Waals surface area contributed by atoms with Crippen LogP contribution in [0.15, 0.2) is 0 Å². The van der Waals surface area contributed by atoms with E-state index in [1.165, 1.54) is 11.8 Å². The third-order valence-electron chi connectivity index (χ3n) is 5.63. The van der Waals surface area contributed by atoms with E-state index in [1.54, 1.807) is 13.2 Å². The largest absolute Gasteiger partial charge is 0.412 e. The van der Waals surface area contributed by atoms with Crippen molar-refractivity contribution in [1.29, 1.82) is 0 Å². The molecule has 0 aromatic carbocycles. The predicted molar refractivity (Wildman–Crippen MR) is 118 cm³/mol. The van der Waals surface area contributed by atoms with Crippen molar-refractivity contribution in [1.82, 2.24) is 10.2 Å². The molecule has 2 rings (SSSR count). The number of hydrogen-bond donors (Lipinski definition) is 4. The number of hydrogen-bond acceptors (Lipinski definition) is 7. The Morgan fingerprint density at radius 3 is 2.45 bits per heavy atom. The zero-order valence-electron chi connectivity index (χ0n) is 17.3. The molecule has 0 aromatic rings. The van der Waals surface area contributed by atoms with Crippen molar-refractivity contribution >= 4 is 41.7 Å². The number of likely N-dealkylation sites (tertiary alicyclic amines) is 1. The summed E-state index contributed by atoms with van der Waals surface area (Å²) in [5, 5.41) is 33.0. The Labute approximate surface area is 188 Å². The Balaban J connectivity index is 0.00000392. The lowest BCUT2D eigenvalue weighted by Crippen LogP contribution is -2.65. The first-order chi connectivity index (χ1) is 12.7. The maximum Gasteiger partial charge on any atom is 0.237 e. The highest BCUT2D eigenvalue weighted by molar-refractivity contribution is 7.99. The van der Waals surface area contributed by atoms with Crippen LogP contribution in [-0.4, -0.2) is 98.8 Å². The monoisotopic (exact) mass is 478 g/mol. The highest BCUT2D eigenvalue weighted by Crippen LogP contribution is 2.31. The van der Waals surface area contributed by atoms with E-state index in [1.807, 2.05) is 11.9 Å². The highest BCUT2D eigenvalue weighted by Gasteiger charge is 2.48. The van der Waals surface area contributed by atoms with Gasteiger partial charge in [-0.1, -0.05) is 13.3 Å². The summed E-state index contributed by atoms with van der Waals surface area (Å²) in [6.07, 6.45) is -0.0980. The summed E-state index contributed by atoms with van der Waals surface area (Å²) in [6.45, 7) is 4.74. The van der Waals surface area contributed by atoms with Gasteiger partial charge in [-0.15, -0.1) is 35.8 Å². The molecule has 11 heteroatoms. The Bertz CT molecular complexity index is 505. The Hall–Kier alpha value is 0.160. The number of aliphatic hydroxyl groups excluding tert-OH is 3. The van der Waals surface area contributed by atoms with Crippen LogP contribution in [0, 0.1) is 5.92 Å². The average molecular weight is 479 g/mol. The summed E-state index contributed by atoms with van der Waals surface area (Å²) < 4.78 is 5.79. The molecule has 2 fully saturated rings. The molecular weight excluding hydrogens is 443 g/mol. The van der Waals surface area contributed by atoms with Crippen molar-refractivity contribution in [2.75, 3.05) is 19.8 Å². The number of aliphatic hydroxyl groups is 3. The van der Waals surface area contributed by atoms with Crippen LogP contribution in [0.2, 0.25) is 0 Å². The zero-order chi connectivity index (χ0) is 20.3. The molecule has 29 heavy (non-hydrogen) atoms. The Kier molecular flexibility index (Phi) is 13.0. The Morgan fingerprint density at radius 2 is 1.93 bits per heavy atom. The van der Waals surface area contributed by atoms with Crippen molar-refractivity contribution in [2.45, 2.75) is 80.4 Å². The molecule has 0 radical (unpaired) electrons. The van der Waals surface area contributed by atoms with Crippen LogP contribution in [0.3, 0.4) is 0 Å². The average Bonchev–Trinajstić information content (AvgIpc) is 2.99. The number of likely N-dealkylation sites (N-methyl/N-ethyl adjacent to an activating group) is 1. The number of nitrogens with zero attached hydrogens (tertiary/aromatic N) is 1. The van der Waals surface area contributed by atoms with Crippen molar-refractivity contribution in [3.63, 3.8) is 0 Å². The number of rotatable bonds is 7. The molecule has 0 spiro atoms. The molecule has 174 valence electrons. The maximum absolute atomic E-state index is 12.9. The van der Waals surface area contributed by atoms with Gasteiger partial charge in [-0.2, -0.15) is 0 Å². The molecular formula is C18H36Cl2N2O6S. The van der Waals surface area contributed by atoms with Gasteiger partial charge in [0.2, 0.25) is 5.91 Å². The standard InChI is InChI=1S/C18H33ClN2O5S.ClH.H2O/c1-5-6-10-7-11(21(3)8-10)17(25)20-12(9(2)19)16-14(23)13(22)15(24)18(26-16)27-4;;/h9-16,18,22-24H,5-8H2,1-4H3,(H,20,25);1H;1H2/t9-,10+,11-,12?,13-,14+,15+,16+,18+;;/m0../s1. The number of nitrogens with one attached hydrogen (secondary N) is 1. The summed E-state index contributed by atoms with van der Waals surface area (Å²) in [5.41, 5.74) is -0.702. The molecule has 0 aliphatic carbocycles. The number of carbonyl (C=O) groups is 1. The van der Waals surface area contributed by atoms with Crippen LogP contribution < -0.4 is 5.32 Å². The quantitative estimate of drug-likeness (QED) is 0.378. The molecule has 2 aliphatic heterocycles. The van der Waals surface area contributed by atoms with Gasteiger partial charge < -0.3 is 30.8 Å². The predicted octanol–water partition coefficient (Wildman–Crippen LogP) is -0.0134. The lowest BCUT2D eigenvalue weighted by molar-refractivity contribution is -0.205. The van der Waals surface area contributed by atoms with E-state index in [0.29, 0.717) is 5.92 Å². The summed E-state index contributed by atoms with van der Waals surface area (Å²) >= 11 is 7.55. The van der Waals surface area contributed by atoms with E-state index in [9.17, 15) is 20.1 Å². The van der Waals surface area contributed by atoms with Crippen LogP contribution in [0.1, 0.15) is 33.1 Å². The second-order valence-corrected chi connectivity index (χ2v) is 9.36. The Morgan fingerprint density at radius 1 is 1.31 bits per heavy atom. The van der Waals surface area contributed by atoms with Gasteiger partial charge in [-0.05, 0) is 39.0 Å². The minimum Gasteiger partial charge on any atom is -0.412 e. The van der Waals surface area contributed by atoms with E-state index in [0.717, 1.165) is 25.8 Å². The SMILES string of the molecule is CCC[C@@H]1C[C@@H](C(=O)NC([C@H](C)Cl)[C@H]2O[C@H](SC)[C@H](O)[C@@H](O)[C@H]2O)N(C)C1.Cl.O. The summed E-state index contributed by atoms with van der Waals surface area (Å²) in [7, 11) is 1.94. The second-order valence-electron chi connectivity index (χ2n) is 7.73. The van der Waals surface area contributed by atoms with Crippen molar-refractivity contribution < 1.29 is 30.3 Å². The van der Waals surface area contributed by atoms with E-state index < -0.39 is 41.3 Å². The number of halogens is 2. The molecule has 2 heterocycles. The van der Waals surface area contributed by atoms with Crippen LogP contribution >= 0.6 is 35.8 Å². The number of amides is 1. The number of thioether (sulfide) groups is 1. The van der Waals surface area contributed by atoms with Gasteiger partial charge in [-0.3, -0.25) is 9.69 Å². The van der Waals surface area contributed by atoms with Crippen molar-refractivity contribution in [3.05, 3.63) is 0 Å². The third kappa shape index (κ3) is 6.82. The van der Waals surface area contributed by atoms with Gasteiger partial charge in [0.05, 0.1) is 17.5 Å². The minimum absolute atomic E-state index is 0. The molecule has 2 aliphatic rings. The maximum atomic E-state index is 12.9.